The van der Waals surface area contributed by atoms with Gasteiger partial charge >= 0.3 is 0 Å². The molecule has 2 aliphatic heterocycles. The highest BCUT2D eigenvalue weighted by molar-refractivity contribution is 5.99. The average Bonchev–Trinajstić information content (AvgIpc) is 3.91. The topological polar surface area (TPSA) is 105 Å². The molecule has 2 heterocycles. The van der Waals surface area contributed by atoms with E-state index in [1.54, 1.807) is 9.80 Å². The molecule has 6 rings (SSSR count). The van der Waals surface area contributed by atoms with E-state index in [0.29, 0.717) is 50.1 Å². The number of likely N-dealkylation sites (tertiary alicyclic amines) is 2. The van der Waals surface area contributed by atoms with Gasteiger partial charge in [-0.15, -0.1) is 0 Å². The van der Waals surface area contributed by atoms with Crippen LogP contribution in [0.25, 0.3) is 0 Å². The summed E-state index contributed by atoms with van der Waals surface area (Å²) in [5, 5.41) is 6.01. The Morgan fingerprint density at radius 1 is 0.571 bits per heavy atom. The van der Waals surface area contributed by atoms with Crippen molar-refractivity contribution in [2.45, 2.75) is 62.7 Å². The van der Waals surface area contributed by atoms with Gasteiger partial charge in [0, 0.05) is 35.6 Å². The predicted molar refractivity (Wildman–Crippen MR) is 221 cm³/mol. The van der Waals surface area contributed by atoms with E-state index in [2.05, 4.69) is 22.5 Å². The summed E-state index contributed by atoms with van der Waals surface area (Å²) < 4.78 is 0. The Labute approximate surface area is 330 Å². The lowest BCUT2D eigenvalue weighted by Gasteiger charge is -2.31. The van der Waals surface area contributed by atoms with Crippen molar-refractivity contribution in [1.29, 1.82) is 0 Å². The summed E-state index contributed by atoms with van der Waals surface area (Å²) in [6.07, 6.45) is 3.98. The number of carbonyl (C=O) groups excluding carboxylic acids is 4. The van der Waals surface area contributed by atoms with Crippen molar-refractivity contribution in [3.8, 4) is 11.8 Å². The van der Waals surface area contributed by atoms with Gasteiger partial charge in [0.1, 0.15) is 12.1 Å². The number of likely N-dealkylation sites (N-methyl/N-ethyl adjacent to an activating group) is 2. The van der Waals surface area contributed by atoms with Gasteiger partial charge < -0.3 is 20.4 Å². The second-order valence-electron chi connectivity index (χ2n) is 15.1. The van der Waals surface area contributed by atoms with Gasteiger partial charge in [0.15, 0.2) is 0 Å². The Morgan fingerprint density at radius 2 is 0.929 bits per heavy atom. The predicted octanol–water partition coefficient (Wildman–Crippen LogP) is 5.29. The fourth-order valence-electron chi connectivity index (χ4n) is 7.51. The van der Waals surface area contributed by atoms with E-state index in [1.165, 1.54) is 0 Å². The van der Waals surface area contributed by atoms with Crippen molar-refractivity contribution in [2.75, 3.05) is 51.9 Å². The standard InChI is InChI=1S/C46H52N6O4/c1-49(2)41(31-35-13-7-5-8-14-35)45(55)51-29-11-17-39(51)43(53)47-37-25-21-33(22-26-37)19-20-34-23-27-38(28-24-34)48-44(54)40-18-12-30-52(40)46(56)42(50(3)4)32-36-15-9-6-10-16-36/h5-10,13-16,21-28,39-42H,11-12,17-18,29-32H2,1-4H3,(H,47,53)(H,48,54)/t39-,40-,41-,42-/m0/s1. The van der Waals surface area contributed by atoms with Crippen LogP contribution in [-0.4, -0.2) is 109 Å². The van der Waals surface area contributed by atoms with Gasteiger partial charge in [-0.05, 0) is 126 Å². The SMILES string of the molecule is CN(C)[C@@H](Cc1ccccc1)C(=O)N1CCC[C@H]1C(=O)Nc1ccc(C#Cc2ccc(NC(=O)[C@@H]3CCCN3C(=O)[C@H](Cc3ccccc3)N(C)C)cc2)cc1. The molecule has 10 heteroatoms. The van der Waals surface area contributed by atoms with Gasteiger partial charge in [-0.25, -0.2) is 0 Å². The molecule has 4 aromatic rings. The zero-order chi connectivity index (χ0) is 39.6. The zero-order valence-electron chi connectivity index (χ0n) is 32.8. The number of carbonyl (C=O) groups is 4. The fraction of sp³-hybridized carbons (Fsp3) is 0.348. The van der Waals surface area contributed by atoms with Crippen molar-refractivity contribution in [1.82, 2.24) is 19.6 Å². The second kappa shape index (κ2) is 18.7. The Bertz CT molecular complexity index is 1880. The lowest BCUT2D eigenvalue weighted by molar-refractivity contribution is -0.140. The van der Waals surface area contributed by atoms with E-state index in [1.807, 2.05) is 147 Å². The molecule has 0 radical (unpaired) electrons. The van der Waals surface area contributed by atoms with Crippen LogP contribution in [0.3, 0.4) is 0 Å². The molecule has 290 valence electrons. The molecule has 0 unspecified atom stereocenters. The number of anilines is 2. The highest BCUT2D eigenvalue weighted by Crippen LogP contribution is 2.24. The Balaban J connectivity index is 1.01. The average molecular weight is 753 g/mol. The van der Waals surface area contributed by atoms with Crippen LogP contribution >= 0.6 is 0 Å². The lowest BCUT2D eigenvalue weighted by atomic mass is 10.0. The minimum absolute atomic E-state index is 0.0297. The third kappa shape index (κ3) is 10.1. The molecule has 0 bridgehead atoms. The molecule has 2 N–H and O–H groups in total. The first kappa shape index (κ1) is 39.9. The van der Waals surface area contributed by atoms with E-state index in [-0.39, 0.29) is 35.7 Å². The van der Waals surface area contributed by atoms with E-state index in [9.17, 15) is 19.2 Å². The number of hydrogen-bond acceptors (Lipinski definition) is 6. The smallest absolute Gasteiger partial charge is 0.247 e. The first-order valence-corrected chi connectivity index (χ1v) is 19.4. The largest absolute Gasteiger partial charge is 0.329 e. The molecule has 4 atom stereocenters. The fourth-order valence-corrected chi connectivity index (χ4v) is 7.51. The van der Waals surface area contributed by atoms with Gasteiger partial charge in [0.25, 0.3) is 0 Å². The van der Waals surface area contributed by atoms with Gasteiger partial charge in [-0.1, -0.05) is 72.5 Å². The van der Waals surface area contributed by atoms with Crippen LogP contribution in [0.4, 0.5) is 11.4 Å². The van der Waals surface area contributed by atoms with Crippen molar-refractivity contribution >= 4 is 35.0 Å². The van der Waals surface area contributed by atoms with Crippen molar-refractivity contribution in [3.63, 3.8) is 0 Å². The maximum absolute atomic E-state index is 13.7. The maximum atomic E-state index is 13.7. The summed E-state index contributed by atoms with van der Waals surface area (Å²) in [4.78, 5) is 61.5. The number of nitrogens with one attached hydrogen (secondary N) is 2. The summed E-state index contributed by atoms with van der Waals surface area (Å²) in [5.74, 6) is 5.90. The van der Waals surface area contributed by atoms with Crippen molar-refractivity contribution in [3.05, 3.63) is 131 Å². The highest BCUT2D eigenvalue weighted by atomic mass is 16.2. The van der Waals surface area contributed by atoms with Gasteiger partial charge in [0.2, 0.25) is 23.6 Å². The Hall–Kier alpha value is -5.76. The molecular weight excluding hydrogens is 701 g/mol. The normalized spacial score (nSPS) is 17.6. The van der Waals surface area contributed by atoms with E-state index in [0.717, 1.165) is 35.1 Å². The van der Waals surface area contributed by atoms with Gasteiger partial charge in [-0.3, -0.25) is 29.0 Å². The summed E-state index contributed by atoms with van der Waals surface area (Å²) in [6.45, 7) is 1.12. The molecule has 56 heavy (non-hydrogen) atoms. The van der Waals surface area contributed by atoms with E-state index < -0.39 is 12.1 Å². The van der Waals surface area contributed by atoms with Crippen molar-refractivity contribution < 1.29 is 19.2 Å². The molecule has 0 spiro atoms. The molecule has 2 fully saturated rings. The number of benzene rings is 4. The van der Waals surface area contributed by atoms with Crippen molar-refractivity contribution in [2.24, 2.45) is 0 Å². The molecular formula is C46H52N6O4. The maximum Gasteiger partial charge on any atom is 0.247 e. The molecule has 0 saturated carbocycles. The van der Waals surface area contributed by atoms with Crippen LogP contribution in [0.5, 0.6) is 0 Å². The van der Waals surface area contributed by atoms with Crippen LogP contribution in [0, 0.1) is 11.8 Å². The third-order valence-corrected chi connectivity index (χ3v) is 10.7. The minimum atomic E-state index is -0.520. The molecule has 0 aromatic heterocycles. The van der Waals surface area contributed by atoms with Crippen LogP contribution in [0.1, 0.15) is 47.9 Å². The quantitative estimate of drug-likeness (QED) is 0.191. The van der Waals surface area contributed by atoms with E-state index >= 15 is 0 Å². The first-order valence-electron chi connectivity index (χ1n) is 19.4. The molecule has 2 aliphatic rings. The third-order valence-electron chi connectivity index (χ3n) is 10.7. The summed E-state index contributed by atoms with van der Waals surface area (Å²) in [5.41, 5.74) is 5.01. The summed E-state index contributed by atoms with van der Waals surface area (Å²) >= 11 is 0. The number of nitrogens with zero attached hydrogens (tertiary/aromatic N) is 4. The van der Waals surface area contributed by atoms with E-state index in [4.69, 9.17) is 0 Å². The van der Waals surface area contributed by atoms with Crippen LogP contribution < -0.4 is 10.6 Å². The monoisotopic (exact) mass is 752 g/mol. The highest BCUT2D eigenvalue weighted by Gasteiger charge is 2.39. The molecule has 2 saturated heterocycles. The molecule has 10 nitrogen and oxygen atoms in total. The Morgan fingerprint density at radius 3 is 1.27 bits per heavy atom. The Kier molecular flexibility index (Phi) is 13.3. The number of amides is 4. The zero-order valence-corrected chi connectivity index (χ0v) is 32.8. The van der Waals surface area contributed by atoms with Crippen LogP contribution in [0.15, 0.2) is 109 Å². The van der Waals surface area contributed by atoms with Gasteiger partial charge in [-0.2, -0.15) is 0 Å². The summed E-state index contributed by atoms with van der Waals surface area (Å²) in [6, 6.07) is 32.8. The first-order chi connectivity index (χ1) is 27.1. The second-order valence-corrected chi connectivity index (χ2v) is 15.1. The molecule has 4 aromatic carbocycles. The van der Waals surface area contributed by atoms with Gasteiger partial charge in [0.05, 0.1) is 12.1 Å². The lowest BCUT2D eigenvalue weighted by Crippen LogP contribution is -2.51. The number of hydrogen-bond donors (Lipinski definition) is 2. The summed E-state index contributed by atoms with van der Waals surface area (Å²) in [7, 11) is 7.61. The van der Waals surface area contributed by atoms with Crippen LogP contribution in [0.2, 0.25) is 0 Å². The number of rotatable bonds is 12. The van der Waals surface area contributed by atoms with Crippen LogP contribution in [-0.2, 0) is 32.0 Å². The minimum Gasteiger partial charge on any atom is -0.329 e. The molecule has 0 aliphatic carbocycles. The molecule has 4 amide bonds.